The lowest BCUT2D eigenvalue weighted by Crippen LogP contribution is -2.39. The van der Waals surface area contributed by atoms with Crippen LogP contribution in [0.15, 0.2) is 52.8 Å². The molecule has 0 radical (unpaired) electrons. The highest BCUT2D eigenvalue weighted by Crippen LogP contribution is 2.30. The fraction of sp³-hybridized carbons (Fsp3) is 0.364. The Morgan fingerprint density at radius 1 is 1.26 bits per heavy atom. The van der Waals surface area contributed by atoms with Gasteiger partial charge >= 0.3 is 0 Å². The molecule has 3 rings (SSSR count). The molecular formula is C22H28N6O2S. The molecule has 8 nitrogen and oxygen atoms in total. The van der Waals surface area contributed by atoms with Gasteiger partial charge in [-0.1, -0.05) is 6.58 Å². The average molecular weight is 441 g/mol. The van der Waals surface area contributed by atoms with Crippen molar-refractivity contribution < 1.29 is 9.53 Å². The third-order valence-corrected chi connectivity index (χ3v) is 5.96. The zero-order chi connectivity index (χ0) is 22.2. The van der Waals surface area contributed by atoms with Gasteiger partial charge < -0.3 is 20.7 Å². The van der Waals surface area contributed by atoms with Crippen molar-refractivity contribution in [3.05, 3.63) is 47.8 Å². The smallest absolute Gasteiger partial charge is 0.243 e. The van der Waals surface area contributed by atoms with E-state index in [2.05, 4.69) is 39.2 Å². The molecule has 164 valence electrons. The Labute approximate surface area is 186 Å². The quantitative estimate of drug-likeness (QED) is 0.234. The largest absolute Gasteiger partial charge is 0.481 e. The predicted octanol–water partition coefficient (Wildman–Crippen LogP) is 4.22. The first-order valence-corrected chi connectivity index (χ1v) is 11.0. The van der Waals surface area contributed by atoms with E-state index in [0.717, 1.165) is 47.4 Å². The number of rotatable bonds is 9. The standard InChI is InChI=1S/C22H28N6O2S/c1-5-18(29)25-15-7-9-16(10-8-15)26-21-20-17(12-13-31-20)27-22(28-21)24-14(2)6-11-19(23-3)30-4/h5-6,11-13,15-16H,1,3,7-10H2,2,4H3,(H,25,29)(H2,24,26,27,28)/b14-6+,19-11+/t15-,16+. The van der Waals surface area contributed by atoms with E-state index in [4.69, 9.17) is 9.72 Å². The third-order valence-electron chi connectivity index (χ3n) is 5.05. The molecule has 3 N–H and O–H groups in total. The number of anilines is 2. The minimum Gasteiger partial charge on any atom is -0.481 e. The monoisotopic (exact) mass is 440 g/mol. The Kier molecular flexibility index (Phi) is 7.77. The molecule has 31 heavy (non-hydrogen) atoms. The summed E-state index contributed by atoms with van der Waals surface area (Å²) >= 11 is 1.62. The van der Waals surface area contributed by atoms with E-state index in [0.29, 0.717) is 17.9 Å². The number of aromatic nitrogens is 2. The molecule has 0 saturated heterocycles. The molecule has 2 heterocycles. The molecule has 2 aromatic rings. The zero-order valence-corrected chi connectivity index (χ0v) is 18.7. The maximum absolute atomic E-state index is 11.5. The summed E-state index contributed by atoms with van der Waals surface area (Å²) in [7, 11) is 1.55. The molecule has 0 bridgehead atoms. The van der Waals surface area contributed by atoms with E-state index in [9.17, 15) is 4.79 Å². The minimum atomic E-state index is -0.108. The van der Waals surface area contributed by atoms with Crippen molar-refractivity contribution in [2.24, 2.45) is 4.99 Å². The van der Waals surface area contributed by atoms with Crippen molar-refractivity contribution >= 4 is 45.9 Å². The van der Waals surface area contributed by atoms with Crippen LogP contribution in [0, 0.1) is 0 Å². The number of hydrogen-bond donors (Lipinski definition) is 3. The Bertz CT molecular complexity index is 1000. The van der Waals surface area contributed by atoms with E-state index in [1.807, 2.05) is 24.4 Å². The molecule has 9 heteroatoms. The molecule has 0 aliphatic heterocycles. The summed E-state index contributed by atoms with van der Waals surface area (Å²) in [4.78, 5) is 24.6. The number of hydrogen-bond acceptors (Lipinski definition) is 8. The number of thiophene rings is 1. The minimum absolute atomic E-state index is 0.108. The number of amides is 1. The van der Waals surface area contributed by atoms with Crippen molar-refractivity contribution in [1.82, 2.24) is 15.3 Å². The van der Waals surface area contributed by atoms with Gasteiger partial charge in [0, 0.05) is 23.9 Å². The second-order valence-corrected chi connectivity index (χ2v) is 8.19. The lowest BCUT2D eigenvalue weighted by molar-refractivity contribution is -0.117. The lowest BCUT2D eigenvalue weighted by atomic mass is 9.91. The second kappa shape index (κ2) is 10.7. The molecule has 1 saturated carbocycles. The fourth-order valence-corrected chi connectivity index (χ4v) is 4.24. The highest BCUT2D eigenvalue weighted by Gasteiger charge is 2.23. The van der Waals surface area contributed by atoms with Crippen LogP contribution in [0.4, 0.5) is 11.8 Å². The van der Waals surface area contributed by atoms with Crippen LogP contribution in [0.5, 0.6) is 0 Å². The number of allylic oxidation sites excluding steroid dienone is 3. The first-order chi connectivity index (χ1) is 15.0. The first-order valence-electron chi connectivity index (χ1n) is 10.1. The number of nitrogens with one attached hydrogen (secondary N) is 3. The maximum Gasteiger partial charge on any atom is 0.243 e. The van der Waals surface area contributed by atoms with Gasteiger partial charge in [0.1, 0.15) is 5.82 Å². The zero-order valence-electron chi connectivity index (χ0n) is 17.9. The normalized spacial score (nSPS) is 19.5. The van der Waals surface area contributed by atoms with E-state index in [1.165, 1.54) is 6.08 Å². The van der Waals surface area contributed by atoms with Crippen molar-refractivity contribution in [1.29, 1.82) is 0 Å². The van der Waals surface area contributed by atoms with Gasteiger partial charge in [-0.25, -0.2) is 9.98 Å². The lowest BCUT2D eigenvalue weighted by Gasteiger charge is -2.29. The molecule has 1 amide bonds. The topological polar surface area (TPSA) is 101 Å². The van der Waals surface area contributed by atoms with Crippen LogP contribution < -0.4 is 16.0 Å². The van der Waals surface area contributed by atoms with Gasteiger partial charge in [-0.15, -0.1) is 11.3 Å². The van der Waals surface area contributed by atoms with Gasteiger partial charge in [-0.2, -0.15) is 4.98 Å². The summed E-state index contributed by atoms with van der Waals surface area (Å²) in [6, 6.07) is 2.49. The summed E-state index contributed by atoms with van der Waals surface area (Å²) in [5.74, 6) is 1.67. The van der Waals surface area contributed by atoms with E-state index >= 15 is 0 Å². The van der Waals surface area contributed by atoms with E-state index in [-0.39, 0.29) is 11.9 Å². The van der Waals surface area contributed by atoms with Crippen molar-refractivity contribution in [3.63, 3.8) is 0 Å². The van der Waals surface area contributed by atoms with Gasteiger partial charge in [0.05, 0.1) is 17.3 Å². The second-order valence-electron chi connectivity index (χ2n) is 7.28. The molecule has 0 spiro atoms. The summed E-state index contributed by atoms with van der Waals surface area (Å²) in [5, 5.41) is 11.8. The number of nitrogens with zero attached hydrogens (tertiary/aromatic N) is 3. The predicted molar refractivity (Wildman–Crippen MR) is 127 cm³/mol. The number of fused-ring (bicyclic) bond motifs is 1. The number of carbonyl (C=O) groups excluding carboxylic acids is 1. The SMILES string of the molecule is C=CC(=O)N[C@H]1CC[C@@H](Nc2nc(N/C(C)=C/C=C(\N=C)OC)nc3ccsc23)CC1. The van der Waals surface area contributed by atoms with Crippen LogP contribution in [0.25, 0.3) is 10.2 Å². The summed E-state index contributed by atoms with van der Waals surface area (Å²) in [6.45, 7) is 8.89. The van der Waals surface area contributed by atoms with Gasteiger partial charge in [-0.3, -0.25) is 4.79 Å². The molecule has 0 atom stereocenters. The summed E-state index contributed by atoms with van der Waals surface area (Å²) in [6.07, 6.45) is 8.65. The Morgan fingerprint density at radius 3 is 2.68 bits per heavy atom. The van der Waals surface area contributed by atoms with Crippen LogP contribution in [0.1, 0.15) is 32.6 Å². The highest BCUT2D eigenvalue weighted by molar-refractivity contribution is 7.17. The van der Waals surface area contributed by atoms with Crippen LogP contribution >= 0.6 is 11.3 Å². The molecule has 1 fully saturated rings. The summed E-state index contributed by atoms with van der Waals surface area (Å²) in [5.41, 5.74) is 1.74. The third kappa shape index (κ3) is 6.14. The van der Waals surface area contributed by atoms with Gasteiger partial charge in [0.15, 0.2) is 0 Å². The van der Waals surface area contributed by atoms with Crippen LogP contribution in [-0.2, 0) is 9.53 Å². The Hall–Kier alpha value is -3.20. The van der Waals surface area contributed by atoms with Crippen LogP contribution in [-0.4, -0.2) is 41.8 Å². The molecular weight excluding hydrogens is 412 g/mol. The number of methoxy groups -OCH3 is 1. The van der Waals surface area contributed by atoms with Crippen molar-refractivity contribution in [2.75, 3.05) is 17.7 Å². The fourth-order valence-electron chi connectivity index (χ4n) is 3.45. The van der Waals surface area contributed by atoms with E-state index in [1.54, 1.807) is 24.5 Å². The molecule has 1 aliphatic carbocycles. The average Bonchev–Trinajstić information content (AvgIpc) is 3.24. The molecule has 0 unspecified atom stereocenters. The summed E-state index contributed by atoms with van der Waals surface area (Å²) < 4.78 is 6.11. The van der Waals surface area contributed by atoms with Gasteiger partial charge in [0.25, 0.3) is 0 Å². The Morgan fingerprint density at radius 2 is 2.00 bits per heavy atom. The maximum atomic E-state index is 11.5. The van der Waals surface area contributed by atoms with Crippen LogP contribution in [0.3, 0.4) is 0 Å². The van der Waals surface area contributed by atoms with Crippen molar-refractivity contribution in [2.45, 2.75) is 44.7 Å². The molecule has 0 aromatic carbocycles. The van der Waals surface area contributed by atoms with E-state index < -0.39 is 0 Å². The number of aliphatic imine (C=N–C) groups is 1. The molecule has 1 aliphatic rings. The molecule has 2 aromatic heterocycles. The van der Waals surface area contributed by atoms with Gasteiger partial charge in [0.2, 0.25) is 17.7 Å². The Balaban J connectivity index is 1.70. The first kappa shape index (κ1) is 22.5. The van der Waals surface area contributed by atoms with Crippen molar-refractivity contribution in [3.8, 4) is 0 Å². The van der Waals surface area contributed by atoms with Gasteiger partial charge in [-0.05, 0) is 62.9 Å². The number of ether oxygens (including phenoxy) is 1. The number of carbonyl (C=O) groups is 1. The van der Waals surface area contributed by atoms with Crippen LogP contribution in [0.2, 0.25) is 0 Å². The highest BCUT2D eigenvalue weighted by atomic mass is 32.1.